The number of benzene rings is 1. The van der Waals surface area contributed by atoms with Crippen molar-refractivity contribution in [3.05, 3.63) is 34.8 Å². The summed E-state index contributed by atoms with van der Waals surface area (Å²) in [4.78, 5) is 5.51. The number of nitrogens with one attached hydrogen (secondary N) is 1. The molecule has 98 valence electrons. The molecule has 2 rings (SSSR count). The molecule has 0 amide bonds. The van der Waals surface area contributed by atoms with Crippen LogP contribution in [0.3, 0.4) is 0 Å². The maximum absolute atomic E-state index is 9.28. The van der Waals surface area contributed by atoms with E-state index in [9.17, 15) is 5.26 Å². The Morgan fingerprint density at radius 1 is 1.42 bits per heavy atom. The van der Waals surface area contributed by atoms with Gasteiger partial charge in [-0.3, -0.25) is 0 Å². The molecular weight excluding hydrogens is 274 g/mol. The van der Waals surface area contributed by atoms with Gasteiger partial charge in [-0.15, -0.1) is 23.1 Å². The van der Waals surface area contributed by atoms with Crippen LogP contribution >= 0.6 is 23.1 Å². The molecule has 1 heterocycles. The van der Waals surface area contributed by atoms with Crippen LogP contribution in [0.1, 0.15) is 31.0 Å². The highest BCUT2D eigenvalue weighted by molar-refractivity contribution is 7.98. The maximum Gasteiger partial charge on any atom is 0.187 e. The lowest BCUT2D eigenvalue weighted by Crippen LogP contribution is -1.95. The molecule has 2 aromatic rings. The second-order valence-electron chi connectivity index (χ2n) is 4.35. The van der Waals surface area contributed by atoms with Gasteiger partial charge in [-0.25, -0.2) is 4.98 Å². The lowest BCUT2D eigenvalue weighted by atomic mass is 10.2. The van der Waals surface area contributed by atoms with Crippen molar-refractivity contribution in [1.29, 1.82) is 5.26 Å². The molecule has 0 saturated heterocycles. The molecule has 0 radical (unpaired) electrons. The Bertz CT molecular complexity index is 611. The lowest BCUT2D eigenvalue weighted by molar-refractivity contribution is 0.834. The number of hydrogen-bond donors (Lipinski definition) is 1. The Kier molecular flexibility index (Phi) is 4.46. The Morgan fingerprint density at radius 3 is 2.79 bits per heavy atom. The van der Waals surface area contributed by atoms with E-state index in [0.717, 1.165) is 21.4 Å². The SMILES string of the molecule is CSc1cccc(Nc2nc(C(C)C)cs2)c1C#N. The molecule has 19 heavy (non-hydrogen) atoms. The molecule has 0 aliphatic rings. The average molecular weight is 289 g/mol. The largest absolute Gasteiger partial charge is 0.330 e. The van der Waals surface area contributed by atoms with Crippen LogP contribution in [0.5, 0.6) is 0 Å². The van der Waals surface area contributed by atoms with Crippen molar-refractivity contribution in [1.82, 2.24) is 4.98 Å². The summed E-state index contributed by atoms with van der Waals surface area (Å²) in [5.41, 5.74) is 2.57. The summed E-state index contributed by atoms with van der Waals surface area (Å²) in [7, 11) is 0. The topological polar surface area (TPSA) is 48.7 Å². The van der Waals surface area contributed by atoms with E-state index in [-0.39, 0.29) is 0 Å². The number of aromatic nitrogens is 1. The number of hydrogen-bond acceptors (Lipinski definition) is 5. The molecule has 0 spiro atoms. The Labute approximate surface area is 121 Å². The first-order valence-electron chi connectivity index (χ1n) is 5.95. The van der Waals surface area contributed by atoms with Gasteiger partial charge in [0.05, 0.1) is 16.9 Å². The molecule has 1 aromatic carbocycles. The number of thioether (sulfide) groups is 1. The highest BCUT2D eigenvalue weighted by Crippen LogP contribution is 2.30. The fourth-order valence-electron chi connectivity index (χ4n) is 1.64. The van der Waals surface area contributed by atoms with Gasteiger partial charge in [-0.1, -0.05) is 19.9 Å². The molecule has 0 saturated carbocycles. The predicted molar refractivity (Wildman–Crippen MR) is 82.4 cm³/mol. The second kappa shape index (κ2) is 6.09. The van der Waals surface area contributed by atoms with Crippen LogP contribution in [-0.4, -0.2) is 11.2 Å². The fourth-order valence-corrected chi connectivity index (χ4v) is 3.10. The molecule has 0 fully saturated rings. The minimum Gasteiger partial charge on any atom is -0.330 e. The highest BCUT2D eigenvalue weighted by atomic mass is 32.2. The van der Waals surface area contributed by atoms with Crippen LogP contribution in [0.25, 0.3) is 0 Å². The molecule has 0 unspecified atom stereocenters. The Balaban J connectivity index is 2.30. The predicted octanol–water partition coefficient (Wildman–Crippen LogP) is 4.60. The summed E-state index contributed by atoms with van der Waals surface area (Å²) in [6.45, 7) is 4.24. The van der Waals surface area contributed by atoms with Crippen LogP contribution in [0, 0.1) is 11.3 Å². The van der Waals surface area contributed by atoms with E-state index in [0.29, 0.717) is 11.5 Å². The molecule has 5 heteroatoms. The maximum atomic E-state index is 9.28. The van der Waals surface area contributed by atoms with Crippen molar-refractivity contribution in [3.8, 4) is 6.07 Å². The van der Waals surface area contributed by atoms with E-state index < -0.39 is 0 Å². The average Bonchev–Trinajstić information content (AvgIpc) is 2.87. The molecule has 1 aromatic heterocycles. The van der Waals surface area contributed by atoms with Crippen LogP contribution < -0.4 is 5.32 Å². The van der Waals surface area contributed by atoms with E-state index in [2.05, 4.69) is 35.6 Å². The normalized spacial score (nSPS) is 10.5. The molecule has 0 bridgehead atoms. The van der Waals surface area contributed by atoms with Crippen LogP contribution in [0.15, 0.2) is 28.5 Å². The van der Waals surface area contributed by atoms with Crippen molar-refractivity contribution >= 4 is 33.9 Å². The summed E-state index contributed by atoms with van der Waals surface area (Å²) in [5.74, 6) is 0.416. The summed E-state index contributed by atoms with van der Waals surface area (Å²) >= 11 is 3.14. The zero-order valence-electron chi connectivity index (χ0n) is 11.1. The number of anilines is 2. The lowest BCUT2D eigenvalue weighted by Gasteiger charge is -2.08. The quantitative estimate of drug-likeness (QED) is 0.835. The van der Waals surface area contributed by atoms with Gasteiger partial charge in [0.2, 0.25) is 0 Å². The first-order valence-corrected chi connectivity index (χ1v) is 8.05. The highest BCUT2D eigenvalue weighted by Gasteiger charge is 2.10. The van der Waals surface area contributed by atoms with Gasteiger partial charge in [0.25, 0.3) is 0 Å². The first-order chi connectivity index (χ1) is 9.15. The Hall–Kier alpha value is -1.51. The van der Waals surface area contributed by atoms with E-state index in [1.165, 1.54) is 0 Å². The van der Waals surface area contributed by atoms with Crippen molar-refractivity contribution in [2.24, 2.45) is 0 Å². The third-order valence-corrected chi connectivity index (χ3v) is 4.27. The van der Waals surface area contributed by atoms with Gasteiger partial charge >= 0.3 is 0 Å². The molecule has 0 aliphatic carbocycles. The second-order valence-corrected chi connectivity index (χ2v) is 6.06. The van der Waals surface area contributed by atoms with Crippen molar-refractivity contribution in [2.45, 2.75) is 24.7 Å². The summed E-state index contributed by atoms with van der Waals surface area (Å²) in [6.07, 6.45) is 1.97. The minimum atomic E-state index is 0.416. The standard InChI is InChI=1S/C14H15N3S2/c1-9(2)12-8-19-14(17-12)16-11-5-4-6-13(18-3)10(11)7-15/h4-6,8-9H,1-3H3,(H,16,17). The van der Waals surface area contributed by atoms with Crippen LogP contribution in [0.4, 0.5) is 10.8 Å². The van der Waals surface area contributed by atoms with E-state index >= 15 is 0 Å². The van der Waals surface area contributed by atoms with Gasteiger partial charge < -0.3 is 5.32 Å². The molecule has 3 nitrogen and oxygen atoms in total. The summed E-state index contributed by atoms with van der Waals surface area (Å²) in [5, 5.41) is 15.4. The van der Waals surface area contributed by atoms with Gasteiger partial charge in [0.15, 0.2) is 5.13 Å². The third kappa shape index (κ3) is 3.09. The number of rotatable bonds is 4. The van der Waals surface area contributed by atoms with Crippen molar-refractivity contribution < 1.29 is 0 Å². The first kappa shape index (κ1) is 13.9. The van der Waals surface area contributed by atoms with Gasteiger partial charge in [0.1, 0.15) is 6.07 Å². The molecular formula is C14H15N3S2. The molecule has 1 N–H and O–H groups in total. The van der Waals surface area contributed by atoms with Crippen LogP contribution in [0.2, 0.25) is 0 Å². The molecule has 0 atom stereocenters. The van der Waals surface area contributed by atoms with Gasteiger partial charge in [-0.05, 0) is 24.3 Å². The summed E-state index contributed by atoms with van der Waals surface area (Å²) < 4.78 is 0. The zero-order chi connectivity index (χ0) is 13.8. The van der Waals surface area contributed by atoms with Crippen molar-refractivity contribution in [2.75, 3.05) is 11.6 Å². The fraction of sp³-hybridized carbons (Fsp3) is 0.286. The third-order valence-electron chi connectivity index (χ3n) is 2.71. The number of nitriles is 1. The zero-order valence-corrected chi connectivity index (χ0v) is 12.7. The number of nitrogens with zero attached hydrogens (tertiary/aromatic N) is 2. The number of thiazole rings is 1. The van der Waals surface area contributed by atoms with Crippen molar-refractivity contribution in [3.63, 3.8) is 0 Å². The van der Waals surface area contributed by atoms with Crippen LogP contribution in [-0.2, 0) is 0 Å². The van der Waals surface area contributed by atoms with E-state index in [1.807, 2.05) is 24.5 Å². The summed E-state index contributed by atoms with van der Waals surface area (Å²) in [6, 6.07) is 8.07. The monoisotopic (exact) mass is 289 g/mol. The molecule has 0 aliphatic heterocycles. The minimum absolute atomic E-state index is 0.416. The van der Waals surface area contributed by atoms with Gasteiger partial charge in [-0.2, -0.15) is 5.26 Å². The Morgan fingerprint density at radius 2 is 2.21 bits per heavy atom. The van der Waals surface area contributed by atoms with Gasteiger partial charge in [0, 0.05) is 10.3 Å². The van der Waals surface area contributed by atoms with E-state index in [4.69, 9.17) is 0 Å². The van der Waals surface area contributed by atoms with E-state index in [1.54, 1.807) is 23.1 Å². The smallest absolute Gasteiger partial charge is 0.187 e.